The smallest absolute Gasteiger partial charge is 0.414 e. The maximum absolute atomic E-state index is 12.2. The summed E-state index contributed by atoms with van der Waals surface area (Å²) in [6.07, 6.45) is -1.09. The van der Waals surface area contributed by atoms with Crippen LogP contribution in [0.3, 0.4) is 0 Å². The van der Waals surface area contributed by atoms with Gasteiger partial charge in [-0.15, -0.1) is 0 Å². The number of anilines is 1. The number of hydrogen-bond donors (Lipinski definition) is 2. The van der Waals surface area contributed by atoms with Gasteiger partial charge in [0.1, 0.15) is 10.9 Å². The highest BCUT2D eigenvalue weighted by Crippen LogP contribution is 2.32. The second kappa shape index (κ2) is 6.22. The number of fused-ring (bicyclic) bond motifs is 1. The van der Waals surface area contributed by atoms with E-state index in [-0.39, 0.29) is 13.0 Å². The summed E-state index contributed by atoms with van der Waals surface area (Å²) in [7, 11) is -1.98. The van der Waals surface area contributed by atoms with Crippen LogP contribution >= 0.6 is 0 Å². The predicted molar refractivity (Wildman–Crippen MR) is 94.4 cm³/mol. The van der Waals surface area contributed by atoms with Gasteiger partial charge in [-0.2, -0.15) is 5.10 Å². The quantitative estimate of drug-likeness (QED) is 0.717. The minimum absolute atomic E-state index is 0.114. The standard InChI is InChI=1S/C16H21N3O6S/c1-16(14(20)21,26(3,23)24)7-12-9-19(15(22)25-12)11-4-5-13-10(6-11)8-17-18(13)2/h4-6,8,12,14,20-21H,7,9H2,1-3H3. The fourth-order valence-corrected chi connectivity index (χ4v) is 3.93. The van der Waals surface area contributed by atoms with E-state index >= 15 is 0 Å². The third-order valence-corrected chi connectivity index (χ3v) is 7.01. The zero-order chi connectivity index (χ0) is 19.3. The number of carbonyl (C=O) groups excluding carboxylic acids is 1. The largest absolute Gasteiger partial charge is 0.444 e. The molecule has 0 radical (unpaired) electrons. The predicted octanol–water partition coefficient (Wildman–Crippen LogP) is 0.403. The van der Waals surface area contributed by atoms with Crippen LogP contribution in [0.15, 0.2) is 24.4 Å². The Bertz CT molecular complexity index is 954. The number of ether oxygens (including phenoxy) is 1. The molecule has 1 aromatic heterocycles. The number of hydrogen-bond acceptors (Lipinski definition) is 7. The summed E-state index contributed by atoms with van der Waals surface area (Å²) in [5.74, 6) is 0. The molecule has 3 rings (SSSR count). The number of aliphatic hydroxyl groups is 2. The summed E-state index contributed by atoms with van der Waals surface area (Å²) in [5.41, 5.74) is 1.51. The van der Waals surface area contributed by atoms with Crippen molar-refractivity contribution in [3.8, 4) is 0 Å². The van der Waals surface area contributed by atoms with Gasteiger partial charge in [0.2, 0.25) is 0 Å². The second-order valence-electron chi connectivity index (χ2n) is 6.79. The average Bonchev–Trinajstić information content (AvgIpc) is 3.08. The highest BCUT2D eigenvalue weighted by atomic mass is 32.2. The number of sulfone groups is 1. The van der Waals surface area contributed by atoms with E-state index in [0.29, 0.717) is 5.69 Å². The van der Waals surface area contributed by atoms with Gasteiger partial charge in [0.05, 0.1) is 18.3 Å². The van der Waals surface area contributed by atoms with E-state index in [9.17, 15) is 23.4 Å². The summed E-state index contributed by atoms with van der Waals surface area (Å²) < 4.78 is 29.1. The van der Waals surface area contributed by atoms with Gasteiger partial charge < -0.3 is 14.9 Å². The molecule has 2 aromatic rings. The molecule has 2 N–H and O–H groups in total. The molecule has 26 heavy (non-hydrogen) atoms. The molecule has 2 unspecified atom stereocenters. The number of nitrogens with zero attached hydrogens (tertiary/aromatic N) is 3. The van der Waals surface area contributed by atoms with Crippen molar-refractivity contribution in [3.05, 3.63) is 24.4 Å². The Kier molecular flexibility index (Phi) is 4.45. The molecule has 0 aliphatic carbocycles. The summed E-state index contributed by atoms with van der Waals surface area (Å²) in [4.78, 5) is 13.6. The first-order chi connectivity index (χ1) is 12.0. The van der Waals surface area contributed by atoms with Crippen LogP contribution in [0.5, 0.6) is 0 Å². The summed E-state index contributed by atoms with van der Waals surface area (Å²) in [6, 6.07) is 5.38. The maximum Gasteiger partial charge on any atom is 0.414 e. The molecule has 2 heterocycles. The lowest BCUT2D eigenvalue weighted by Gasteiger charge is -2.30. The maximum atomic E-state index is 12.2. The van der Waals surface area contributed by atoms with Gasteiger partial charge in [-0.25, -0.2) is 13.2 Å². The Hall–Kier alpha value is -2.17. The van der Waals surface area contributed by atoms with Gasteiger partial charge in [-0.3, -0.25) is 9.58 Å². The molecule has 1 amide bonds. The number of rotatable bonds is 5. The van der Waals surface area contributed by atoms with Crippen molar-refractivity contribution in [2.75, 3.05) is 17.7 Å². The first-order valence-corrected chi connectivity index (χ1v) is 9.88. The number of aromatic nitrogens is 2. The van der Waals surface area contributed by atoms with Crippen LogP contribution in [-0.2, 0) is 21.6 Å². The van der Waals surface area contributed by atoms with E-state index in [1.165, 1.54) is 11.8 Å². The Morgan fingerprint density at radius 1 is 1.42 bits per heavy atom. The van der Waals surface area contributed by atoms with Gasteiger partial charge in [0, 0.05) is 30.8 Å². The molecule has 1 aliphatic rings. The van der Waals surface area contributed by atoms with Crippen LogP contribution in [0.4, 0.5) is 10.5 Å². The summed E-state index contributed by atoms with van der Waals surface area (Å²) in [6.45, 7) is 1.34. The molecule has 0 saturated carbocycles. The number of cyclic esters (lactones) is 1. The number of carbonyl (C=O) groups is 1. The van der Waals surface area contributed by atoms with E-state index in [1.807, 2.05) is 13.1 Å². The lowest BCUT2D eigenvalue weighted by molar-refractivity contribution is -0.0754. The van der Waals surface area contributed by atoms with Crippen molar-refractivity contribution in [2.45, 2.75) is 30.5 Å². The summed E-state index contributed by atoms with van der Waals surface area (Å²) >= 11 is 0. The monoisotopic (exact) mass is 383 g/mol. The fourth-order valence-electron chi connectivity index (χ4n) is 3.06. The van der Waals surface area contributed by atoms with Crippen molar-refractivity contribution in [1.29, 1.82) is 0 Å². The summed E-state index contributed by atoms with van der Waals surface area (Å²) in [5, 5.41) is 24.1. The zero-order valence-corrected chi connectivity index (χ0v) is 15.5. The Labute approximate surface area is 150 Å². The van der Waals surface area contributed by atoms with Gasteiger partial charge in [0.15, 0.2) is 16.1 Å². The molecular formula is C16H21N3O6S. The second-order valence-corrected chi connectivity index (χ2v) is 9.27. The van der Waals surface area contributed by atoms with E-state index in [4.69, 9.17) is 4.74 Å². The molecule has 1 aliphatic heterocycles. The molecular weight excluding hydrogens is 362 g/mol. The zero-order valence-electron chi connectivity index (χ0n) is 14.7. The van der Waals surface area contributed by atoms with Crippen LogP contribution < -0.4 is 4.90 Å². The molecule has 10 heteroatoms. The first-order valence-electron chi connectivity index (χ1n) is 7.98. The fraction of sp³-hybridized carbons (Fsp3) is 0.500. The van der Waals surface area contributed by atoms with Gasteiger partial charge in [-0.05, 0) is 25.1 Å². The van der Waals surface area contributed by atoms with Gasteiger partial charge in [-0.1, -0.05) is 0 Å². The highest BCUT2D eigenvalue weighted by molar-refractivity contribution is 7.92. The number of aryl methyl sites for hydroxylation is 1. The van der Waals surface area contributed by atoms with Gasteiger partial charge in [0.25, 0.3) is 0 Å². The topological polar surface area (TPSA) is 122 Å². The molecule has 1 aromatic carbocycles. The van der Waals surface area contributed by atoms with Crippen molar-refractivity contribution >= 4 is 32.5 Å². The molecule has 2 atom stereocenters. The minimum atomic E-state index is -3.80. The molecule has 9 nitrogen and oxygen atoms in total. The van der Waals surface area contributed by atoms with Crippen LogP contribution in [0, 0.1) is 0 Å². The van der Waals surface area contributed by atoms with Crippen LogP contribution in [0.1, 0.15) is 13.3 Å². The van der Waals surface area contributed by atoms with Crippen molar-refractivity contribution in [3.63, 3.8) is 0 Å². The number of amides is 1. The Balaban J connectivity index is 1.83. The first kappa shape index (κ1) is 18.6. The van der Waals surface area contributed by atoms with E-state index in [0.717, 1.165) is 17.2 Å². The lowest BCUT2D eigenvalue weighted by Crippen LogP contribution is -2.49. The van der Waals surface area contributed by atoms with Crippen molar-refractivity contribution < 1.29 is 28.2 Å². The molecule has 1 saturated heterocycles. The number of benzene rings is 1. The van der Waals surface area contributed by atoms with Crippen LogP contribution in [0.2, 0.25) is 0 Å². The third-order valence-electron chi connectivity index (χ3n) is 4.94. The van der Waals surface area contributed by atoms with E-state index < -0.39 is 33.1 Å². The Morgan fingerprint density at radius 2 is 2.12 bits per heavy atom. The van der Waals surface area contributed by atoms with Crippen LogP contribution in [0.25, 0.3) is 10.9 Å². The van der Waals surface area contributed by atoms with Gasteiger partial charge >= 0.3 is 6.09 Å². The lowest BCUT2D eigenvalue weighted by atomic mass is 10.0. The minimum Gasteiger partial charge on any atom is -0.444 e. The third kappa shape index (κ3) is 3.04. The highest BCUT2D eigenvalue weighted by Gasteiger charge is 2.47. The normalized spacial score (nSPS) is 20.6. The molecule has 142 valence electrons. The van der Waals surface area contributed by atoms with E-state index in [2.05, 4.69) is 5.10 Å². The molecule has 0 bridgehead atoms. The average molecular weight is 383 g/mol. The van der Waals surface area contributed by atoms with Crippen molar-refractivity contribution in [1.82, 2.24) is 9.78 Å². The SMILES string of the molecule is Cn1ncc2cc(N3CC(CC(C)(C(O)O)S(C)(=O)=O)OC3=O)ccc21. The Morgan fingerprint density at radius 3 is 2.73 bits per heavy atom. The molecule has 1 fully saturated rings. The molecule has 0 spiro atoms. The van der Waals surface area contributed by atoms with E-state index in [1.54, 1.807) is 23.0 Å². The number of aliphatic hydroxyl groups excluding tert-OH is 1. The van der Waals surface area contributed by atoms with Crippen LogP contribution in [-0.4, -0.2) is 64.4 Å². The van der Waals surface area contributed by atoms with Crippen molar-refractivity contribution in [2.24, 2.45) is 7.05 Å².